The fourth-order valence-electron chi connectivity index (χ4n) is 5.85. The van der Waals surface area contributed by atoms with Gasteiger partial charge in [-0.1, -0.05) is 25.3 Å². The Morgan fingerprint density at radius 2 is 1.19 bits per heavy atom. The lowest BCUT2D eigenvalue weighted by Crippen LogP contribution is -2.46. The van der Waals surface area contributed by atoms with Gasteiger partial charge in [-0.25, -0.2) is 4.79 Å². The monoisotopic (exact) mass is 724 g/mol. The summed E-state index contributed by atoms with van der Waals surface area (Å²) in [6, 6.07) is 6.78. The number of aromatic nitrogens is 2. The standard InChI is InChI=1S/C37H44N2O13/c1-22-31(20-47-25(4)40)51-36(34(22)50-28(7)43)39-15-10-12-29(18-39)24(3)45-16-8-9-17-46-37(44)30-13-11-14-38(19-30)35-23(2)33(49-27(6)42)32(52-35)21-48-26(5)41/h10-15,18-19,22-23,31-36H,3,16-17,20-21H2,1-2,4-7H3/q+2/t22-,23-,31-,32-,33+,34-,35-,36-/m1/s1. The third kappa shape index (κ3) is 10.6. The third-order valence-electron chi connectivity index (χ3n) is 8.36. The van der Waals surface area contributed by atoms with Gasteiger partial charge in [-0.05, 0) is 19.1 Å². The summed E-state index contributed by atoms with van der Waals surface area (Å²) in [7, 11) is 0. The van der Waals surface area contributed by atoms with Gasteiger partial charge in [-0.15, -0.1) is 0 Å². The van der Waals surface area contributed by atoms with Crippen molar-refractivity contribution in [2.45, 2.75) is 78.4 Å². The summed E-state index contributed by atoms with van der Waals surface area (Å²) in [5.74, 6) is 2.77. The highest BCUT2D eigenvalue weighted by Gasteiger charge is 2.51. The second kappa shape index (κ2) is 18.2. The van der Waals surface area contributed by atoms with E-state index in [0.29, 0.717) is 11.3 Å². The fourth-order valence-corrected chi connectivity index (χ4v) is 5.85. The number of carbonyl (C=O) groups excluding carboxylic acids is 5. The van der Waals surface area contributed by atoms with E-state index in [-0.39, 0.29) is 43.8 Å². The van der Waals surface area contributed by atoms with E-state index in [1.807, 2.05) is 13.8 Å². The van der Waals surface area contributed by atoms with Crippen LogP contribution in [0.25, 0.3) is 5.76 Å². The van der Waals surface area contributed by atoms with Gasteiger partial charge in [0.1, 0.15) is 49.5 Å². The van der Waals surface area contributed by atoms with E-state index in [1.165, 1.54) is 27.7 Å². The third-order valence-corrected chi connectivity index (χ3v) is 8.36. The molecule has 4 heterocycles. The molecule has 0 aliphatic carbocycles. The molecule has 0 unspecified atom stereocenters. The van der Waals surface area contributed by atoms with Crippen LogP contribution in [0.5, 0.6) is 0 Å². The second-order valence-electron chi connectivity index (χ2n) is 12.3. The molecular weight excluding hydrogens is 680 g/mol. The molecule has 2 aromatic rings. The minimum atomic E-state index is -0.690. The first-order chi connectivity index (χ1) is 24.7. The number of hydrogen-bond donors (Lipinski definition) is 0. The maximum absolute atomic E-state index is 12.8. The first kappa shape index (κ1) is 39.5. The molecule has 0 aromatic carbocycles. The van der Waals surface area contributed by atoms with Crippen LogP contribution >= 0.6 is 0 Å². The van der Waals surface area contributed by atoms with Gasteiger partial charge in [0.05, 0.1) is 11.5 Å². The van der Waals surface area contributed by atoms with Crippen molar-refractivity contribution in [1.29, 1.82) is 0 Å². The molecule has 0 saturated carbocycles. The molecule has 2 saturated heterocycles. The minimum absolute atomic E-state index is 0.0227. The summed E-state index contributed by atoms with van der Waals surface area (Å²) in [5, 5.41) is 0. The Bertz CT molecular complexity index is 1720. The van der Waals surface area contributed by atoms with Gasteiger partial charge in [0.25, 0.3) is 6.23 Å². The highest BCUT2D eigenvalue weighted by molar-refractivity contribution is 5.88. The Kier molecular flexibility index (Phi) is 13.8. The molecule has 278 valence electrons. The molecule has 8 atom stereocenters. The van der Waals surface area contributed by atoms with Crippen molar-refractivity contribution in [3.8, 4) is 11.8 Å². The van der Waals surface area contributed by atoms with Gasteiger partial charge >= 0.3 is 36.1 Å². The van der Waals surface area contributed by atoms with Gasteiger partial charge in [-0.3, -0.25) is 19.2 Å². The summed E-state index contributed by atoms with van der Waals surface area (Å²) in [6.45, 7) is 12.6. The number of pyridine rings is 2. The van der Waals surface area contributed by atoms with Crippen LogP contribution in [0.1, 0.15) is 69.9 Å². The van der Waals surface area contributed by atoms with Crippen molar-refractivity contribution in [1.82, 2.24) is 0 Å². The van der Waals surface area contributed by atoms with Crippen LogP contribution in [0.2, 0.25) is 0 Å². The normalized spacial score (nSPS) is 24.8. The summed E-state index contributed by atoms with van der Waals surface area (Å²) in [5.41, 5.74) is 0.857. The summed E-state index contributed by atoms with van der Waals surface area (Å²) in [6.07, 6.45) is 2.98. The lowest BCUT2D eigenvalue weighted by atomic mass is 10.0. The van der Waals surface area contributed by atoms with Crippen LogP contribution in [0.15, 0.2) is 55.6 Å². The van der Waals surface area contributed by atoms with Crippen LogP contribution in [0, 0.1) is 23.7 Å². The van der Waals surface area contributed by atoms with Gasteiger partial charge in [0.15, 0.2) is 37.5 Å². The molecule has 0 spiro atoms. The Morgan fingerprint density at radius 1 is 0.673 bits per heavy atom. The molecule has 0 bridgehead atoms. The number of nitrogens with zero attached hydrogens (tertiary/aromatic N) is 2. The smallest absolute Gasteiger partial charge is 0.345 e. The van der Waals surface area contributed by atoms with Crippen LogP contribution < -0.4 is 9.13 Å². The van der Waals surface area contributed by atoms with Crippen LogP contribution in [-0.4, -0.2) is 80.7 Å². The van der Waals surface area contributed by atoms with Gasteiger partial charge in [0.2, 0.25) is 0 Å². The highest BCUT2D eigenvalue weighted by Crippen LogP contribution is 2.35. The molecule has 0 amide bonds. The number of ether oxygens (including phenoxy) is 8. The first-order valence-corrected chi connectivity index (χ1v) is 16.6. The largest absolute Gasteiger partial charge is 0.481 e. The van der Waals surface area contributed by atoms with Crippen molar-refractivity contribution in [3.05, 3.63) is 66.8 Å². The van der Waals surface area contributed by atoms with Crippen molar-refractivity contribution in [3.63, 3.8) is 0 Å². The fraction of sp³-hybridized carbons (Fsp3) is 0.486. The Labute approximate surface area is 301 Å². The second-order valence-corrected chi connectivity index (χ2v) is 12.3. The number of rotatable bonds is 13. The highest BCUT2D eigenvalue weighted by atomic mass is 16.6. The van der Waals surface area contributed by atoms with Crippen LogP contribution in [0.4, 0.5) is 0 Å². The van der Waals surface area contributed by atoms with E-state index in [4.69, 9.17) is 37.9 Å². The van der Waals surface area contributed by atoms with E-state index < -0.39 is 66.7 Å². The zero-order valence-electron chi connectivity index (χ0n) is 30.0. The van der Waals surface area contributed by atoms with Crippen molar-refractivity contribution >= 4 is 35.6 Å². The lowest BCUT2D eigenvalue weighted by molar-refractivity contribution is -0.765. The maximum Gasteiger partial charge on any atom is 0.345 e. The number of hydrogen-bond acceptors (Lipinski definition) is 13. The molecule has 2 aliphatic rings. The summed E-state index contributed by atoms with van der Waals surface area (Å²) >= 11 is 0. The van der Waals surface area contributed by atoms with E-state index >= 15 is 0 Å². The van der Waals surface area contributed by atoms with E-state index in [1.54, 1.807) is 58.2 Å². The lowest BCUT2D eigenvalue weighted by Gasteiger charge is -2.19. The van der Waals surface area contributed by atoms with Crippen molar-refractivity contribution in [2.24, 2.45) is 11.8 Å². The van der Waals surface area contributed by atoms with Crippen LogP contribution in [0.3, 0.4) is 0 Å². The van der Waals surface area contributed by atoms with Crippen molar-refractivity contribution in [2.75, 3.05) is 26.4 Å². The molecular formula is C37H44N2O13+2. The van der Waals surface area contributed by atoms with Crippen molar-refractivity contribution < 1.29 is 71.0 Å². The van der Waals surface area contributed by atoms with E-state index in [2.05, 4.69) is 18.4 Å². The topological polar surface area (TPSA) is 167 Å². The molecule has 2 aliphatic heterocycles. The van der Waals surface area contributed by atoms with E-state index in [0.717, 1.165) is 0 Å². The summed E-state index contributed by atoms with van der Waals surface area (Å²) in [4.78, 5) is 59.1. The molecule has 15 nitrogen and oxygen atoms in total. The summed E-state index contributed by atoms with van der Waals surface area (Å²) < 4.78 is 47.9. The van der Waals surface area contributed by atoms with Gasteiger partial charge in [-0.2, -0.15) is 9.13 Å². The molecule has 52 heavy (non-hydrogen) atoms. The molecule has 0 radical (unpaired) electrons. The molecule has 0 N–H and O–H groups in total. The zero-order chi connectivity index (χ0) is 37.9. The van der Waals surface area contributed by atoms with Gasteiger partial charge < -0.3 is 37.9 Å². The SMILES string of the molecule is C=C(OCC#CCOC(=O)c1ccc[n+]([C@@H]2O[C@H](COC(C)=O)[C@@H](OC(C)=O)[C@H]2C)c1)c1ccc[n+]([C@@H]2O[C@H](COC(C)=O)[C@@H](C)[C@H]2OC(C)=O)c1. The predicted molar refractivity (Wildman–Crippen MR) is 177 cm³/mol. The number of carbonyl (C=O) groups is 5. The van der Waals surface area contributed by atoms with Crippen LogP contribution in [-0.2, 0) is 57.1 Å². The molecule has 15 heteroatoms. The Morgan fingerprint density at radius 3 is 1.81 bits per heavy atom. The predicted octanol–water partition coefficient (Wildman–Crippen LogP) is 2.17. The minimum Gasteiger partial charge on any atom is -0.481 e. The molecule has 2 fully saturated rings. The molecule has 4 rings (SSSR count). The quantitative estimate of drug-likeness (QED) is 0.0971. The average Bonchev–Trinajstić information content (AvgIpc) is 3.58. The number of esters is 5. The first-order valence-electron chi connectivity index (χ1n) is 16.6. The maximum atomic E-state index is 12.8. The van der Waals surface area contributed by atoms with E-state index in [9.17, 15) is 24.0 Å². The average molecular weight is 725 g/mol. The molecule has 2 aromatic heterocycles. The zero-order valence-corrected chi connectivity index (χ0v) is 30.0. The van der Waals surface area contributed by atoms with Gasteiger partial charge in [0, 0.05) is 45.7 Å². The Hall–Kier alpha value is -5.33. The Balaban J connectivity index is 1.30.